The zero-order valence-corrected chi connectivity index (χ0v) is 18.4. The lowest BCUT2D eigenvalue weighted by Gasteiger charge is -2.11. The first kappa shape index (κ1) is 20.7. The van der Waals surface area contributed by atoms with Crippen LogP contribution in [-0.2, 0) is 12.2 Å². The maximum atomic E-state index is 5.93. The molecule has 3 N–H and O–H groups in total. The van der Waals surface area contributed by atoms with Crippen LogP contribution < -0.4 is 11.1 Å². The normalized spacial score (nSPS) is 10.9. The summed E-state index contributed by atoms with van der Waals surface area (Å²) in [4.78, 5) is 13.0. The van der Waals surface area contributed by atoms with Crippen LogP contribution in [0.2, 0.25) is 0 Å². The Morgan fingerprint density at radius 1 is 1.06 bits per heavy atom. The third-order valence-corrected chi connectivity index (χ3v) is 5.62. The molecule has 2 aromatic carbocycles. The van der Waals surface area contributed by atoms with Crippen LogP contribution in [0.25, 0.3) is 5.69 Å². The van der Waals surface area contributed by atoms with Crippen molar-refractivity contribution in [2.45, 2.75) is 38.1 Å². The molecular formula is C21H23N9S. The number of nitrogens with two attached hydrogens (primary N) is 1. The van der Waals surface area contributed by atoms with E-state index in [-0.39, 0.29) is 5.95 Å². The first-order valence-corrected chi connectivity index (χ1v) is 10.9. The molecule has 0 spiro atoms. The second-order valence-electron chi connectivity index (χ2n) is 7.02. The molecule has 0 atom stereocenters. The number of hydrogen-bond acceptors (Lipinski definition) is 9. The lowest BCUT2D eigenvalue weighted by Crippen LogP contribution is -2.08. The fourth-order valence-electron chi connectivity index (χ4n) is 3.13. The molecule has 10 heteroatoms. The van der Waals surface area contributed by atoms with Crippen molar-refractivity contribution in [2.75, 3.05) is 11.1 Å². The summed E-state index contributed by atoms with van der Waals surface area (Å²) in [5, 5.41) is 16.1. The molecule has 0 saturated carbocycles. The summed E-state index contributed by atoms with van der Waals surface area (Å²) >= 11 is 1.44. The number of aromatic nitrogens is 7. The summed E-state index contributed by atoms with van der Waals surface area (Å²) in [6, 6.07) is 14.2. The van der Waals surface area contributed by atoms with Crippen molar-refractivity contribution in [3.8, 4) is 5.69 Å². The van der Waals surface area contributed by atoms with Gasteiger partial charge in [0.25, 0.3) is 0 Å². The van der Waals surface area contributed by atoms with Gasteiger partial charge in [0.2, 0.25) is 17.1 Å². The van der Waals surface area contributed by atoms with Gasteiger partial charge in [-0.3, -0.25) is 0 Å². The Hall–Kier alpha value is -3.53. The van der Waals surface area contributed by atoms with Crippen molar-refractivity contribution in [1.82, 2.24) is 35.2 Å². The number of hydrogen-bond donors (Lipinski definition) is 2. The van der Waals surface area contributed by atoms with Gasteiger partial charge in [-0.25, -0.2) is 0 Å². The third-order valence-electron chi connectivity index (χ3n) is 4.71. The van der Waals surface area contributed by atoms with Crippen LogP contribution in [0.1, 0.15) is 29.4 Å². The zero-order chi connectivity index (χ0) is 21.8. The molecule has 0 aliphatic carbocycles. The number of benzene rings is 2. The van der Waals surface area contributed by atoms with E-state index in [9.17, 15) is 0 Å². The van der Waals surface area contributed by atoms with Gasteiger partial charge in [-0.15, -0.1) is 5.10 Å². The number of tetrazole rings is 1. The molecule has 0 saturated heterocycles. The van der Waals surface area contributed by atoms with Crippen LogP contribution in [0.4, 0.5) is 17.6 Å². The van der Waals surface area contributed by atoms with Gasteiger partial charge in [0, 0.05) is 5.69 Å². The molecule has 0 amide bonds. The van der Waals surface area contributed by atoms with Gasteiger partial charge in [0.05, 0.1) is 11.4 Å². The molecule has 31 heavy (non-hydrogen) atoms. The average molecular weight is 434 g/mol. The second kappa shape index (κ2) is 9.09. The fourth-order valence-corrected chi connectivity index (χ4v) is 3.86. The molecule has 2 aromatic heterocycles. The summed E-state index contributed by atoms with van der Waals surface area (Å²) in [5.41, 5.74) is 11.2. The number of thioether (sulfide) groups is 1. The molecule has 0 fully saturated rings. The van der Waals surface area contributed by atoms with Gasteiger partial charge in [-0.1, -0.05) is 49.0 Å². The summed E-state index contributed by atoms with van der Waals surface area (Å²) in [5.74, 6) is 1.57. The van der Waals surface area contributed by atoms with E-state index in [4.69, 9.17) is 5.73 Å². The Bertz CT molecular complexity index is 1210. The van der Waals surface area contributed by atoms with Gasteiger partial charge in [-0.2, -0.15) is 19.6 Å². The van der Waals surface area contributed by atoms with E-state index in [1.54, 1.807) is 4.68 Å². The summed E-state index contributed by atoms with van der Waals surface area (Å²) in [7, 11) is 0. The maximum Gasteiger partial charge on any atom is 0.232 e. The van der Waals surface area contributed by atoms with Crippen LogP contribution in [0.3, 0.4) is 0 Å². The van der Waals surface area contributed by atoms with E-state index in [0.717, 1.165) is 28.9 Å². The third kappa shape index (κ3) is 4.80. The first-order chi connectivity index (χ1) is 15.0. The fraction of sp³-hybridized carbons (Fsp3) is 0.238. The number of rotatable bonds is 7. The Morgan fingerprint density at radius 3 is 2.74 bits per heavy atom. The largest absolute Gasteiger partial charge is 0.368 e. The quantitative estimate of drug-likeness (QED) is 0.421. The minimum absolute atomic E-state index is 0.163. The molecule has 9 nitrogen and oxygen atoms in total. The number of nitrogens with one attached hydrogen (secondary N) is 1. The molecule has 4 aromatic rings. The van der Waals surface area contributed by atoms with Crippen LogP contribution in [0, 0.1) is 13.8 Å². The molecular weight excluding hydrogens is 410 g/mol. The van der Waals surface area contributed by atoms with Crippen LogP contribution >= 0.6 is 11.8 Å². The van der Waals surface area contributed by atoms with Crippen molar-refractivity contribution >= 4 is 29.3 Å². The van der Waals surface area contributed by atoms with E-state index >= 15 is 0 Å². The van der Waals surface area contributed by atoms with Crippen molar-refractivity contribution in [3.63, 3.8) is 0 Å². The Kier molecular flexibility index (Phi) is 6.08. The van der Waals surface area contributed by atoms with Crippen LogP contribution in [0.15, 0.2) is 47.6 Å². The molecule has 0 aliphatic heterocycles. The van der Waals surface area contributed by atoms with Crippen molar-refractivity contribution in [3.05, 3.63) is 65.0 Å². The van der Waals surface area contributed by atoms with Gasteiger partial charge >= 0.3 is 0 Å². The van der Waals surface area contributed by atoms with E-state index in [1.165, 1.54) is 17.3 Å². The number of anilines is 3. The molecule has 0 bridgehead atoms. The molecule has 2 heterocycles. The predicted octanol–water partition coefficient (Wildman–Crippen LogP) is 3.64. The highest BCUT2D eigenvalue weighted by molar-refractivity contribution is 7.98. The van der Waals surface area contributed by atoms with E-state index in [2.05, 4.69) is 67.0 Å². The van der Waals surface area contributed by atoms with Crippen LogP contribution in [-0.4, -0.2) is 35.2 Å². The minimum atomic E-state index is 0.163. The van der Waals surface area contributed by atoms with E-state index in [0.29, 0.717) is 22.7 Å². The van der Waals surface area contributed by atoms with Crippen molar-refractivity contribution < 1.29 is 0 Å². The molecule has 4 rings (SSSR count). The lowest BCUT2D eigenvalue weighted by atomic mass is 10.1. The molecule has 0 unspecified atom stereocenters. The number of nitrogen functional groups attached to an aromatic ring is 1. The van der Waals surface area contributed by atoms with Crippen molar-refractivity contribution in [1.29, 1.82) is 0 Å². The standard InChI is InChI=1S/C21H23N9S/c1-4-15-7-5-6-8-16(15)23-20-25-18(24-19(22)26-20)12-31-21-27-28-29-30(21)17-11-13(2)9-10-14(17)3/h5-11H,4,12H2,1-3H3,(H3,22,23,24,25,26). The van der Waals surface area contributed by atoms with Crippen molar-refractivity contribution in [2.24, 2.45) is 0 Å². The Morgan fingerprint density at radius 2 is 1.90 bits per heavy atom. The molecule has 0 aliphatic rings. The summed E-state index contributed by atoms with van der Waals surface area (Å²) in [6.45, 7) is 6.17. The topological polar surface area (TPSA) is 120 Å². The van der Waals surface area contributed by atoms with E-state index in [1.807, 2.05) is 32.0 Å². The molecule has 0 radical (unpaired) electrons. The predicted molar refractivity (Wildman–Crippen MR) is 122 cm³/mol. The Labute approximate surface area is 184 Å². The second-order valence-corrected chi connectivity index (χ2v) is 7.96. The summed E-state index contributed by atoms with van der Waals surface area (Å²) in [6.07, 6.45) is 0.896. The summed E-state index contributed by atoms with van der Waals surface area (Å²) < 4.78 is 1.73. The maximum absolute atomic E-state index is 5.93. The zero-order valence-electron chi connectivity index (χ0n) is 17.6. The molecule has 158 valence electrons. The highest BCUT2D eigenvalue weighted by Gasteiger charge is 2.14. The lowest BCUT2D eigenvalue weighted by molar-refractivity contribution is 0.751. The van der Waals surface area contributed by atoms with Gasteiger partial charge in [-0.05, 0) is 59.5 Å². The Balaban J connectivity index is 1.54. The van der Waals surface area contributed by atoms with Gasteiger partial charge < -0.3 is 11.1 Å². The smallest absolute Gasteiger partial charge is 0.232 e. The van der Waals surface area contributed by atoms with E-state index < -0.39 is 0 Å². The number of para-hydroxylation sites is 1. The monoisotopic (exact) mass is 433 g/mol. The first-order valence-electron chi connectivity index (χ1n) is 9.87. The SMILES string of the molecule is CCc1ccccc1Nc1nc(N)nc(CSc2nnnn2-c2cc(C)ccc2C)n1. The van der Waals surface area contributed by atoms with Gasteiger partial charge in [0.1, 0.15) is 5.82 Å². The average Bonchev–Trinajstić information content (AvgIpc) is 3.22. The minimum Gasteiger partial charge on any atom is -0.368 e. The highest BCUT2D eigenvalue weighted by Crippen LogP contribution is 2.25. The highest BCUT2D eigenvalue weighted by atomic mass is 32.2. The number of nitrogens with zero attached hydrogens (tertiary/aromatic N) is 7. The van der Waals surface area contributed by atoms with Gasteiger partial charge in [0.15, 0.2) is 0 Å². The van der Waals surface area contributed by atoms with Crippen LogP contribution in [0.5, 0.6) is 0 Å². The number of aryl methyl sites for hydroxylation is 3.